The number of urea groups is 1. The number of carbonyl (C=O) groups is 1. The molecule has 0 aromatic heterocycles. The predicted molar refractivity (Wildman–Crippen MR) is 85.6 cm³/mol. The maximum atomic E-state index is 12.0. The Kier molecular flexibility index (Phi) is 7.74. The summed E-state index contributed by atoms with van der Waals surface area (Å²) in [5.41, 5.74) is 0.801. The fraction of sp³-hybridized carbons (Fsp3) is 0.562. The van der Waals surface area contributed by atoms with Crippen LogP contribution in [0.2, 0.25) is 0 Å². The van der Waals surface area contributed by atoms with Crippen molar-refractivity contribution in [1.82, 2.24) is 15.5 Å². The highest BCUT2D eigenvalue weighted by Crippen LogP contribution is 2.14. The van der Waals surface area contributed by atoms with Crippen molar-refractivity contribution in [3.63, 3.8) is 0 Å². The van der Waals surface area contributed by atoms with Gasteiger partial charge in [0, 0.05) is 19.1 Å². The van der Waals surface area contributed by atoms with Gasteiger partial charge in [0.15, 0.2) is 0 Å². The second-order valence-corrected chi connectivity index (χ2v) is 5.86. The number of alkyl halides is 2. The number of nitrogens with one attached hydrogen (secondary N) is 2. The highest BCUT2D eigenvalue weighted by Gasteiger charge is 2.16. The molecule has 23 heavy (non-hydrogen) atoms. The van der Waals surface area contributed by atoms with E-state index >= 15 is 0 Å². The maximum absolute atomic E-state index is 12.0. The summed E-state index contributed by atoms with van der Waals surface area (Å²) < 4.78 is 28.4. The van der Waals surface area contributed by atoms with Gasteiger partial charge < -0.3 is 20.3 Å². The van der Waals surface area contributed by atoms with Crippen LogP contribution in [0.15, 0.2) is 24.3 Å². The molecule has 0 aliphatic carbocycles. The molecule has 2 N–H and O–H groups in total. The standard InChI is InChI=1S/C16H25F2N3O2/c1-11(2)14(21(3)4)10-20-16(22)19-9-12-5-7-13(8-6-12)23-15(17)18/h5-8,11,14-15H,9-10H2,1-4H3,(H2,19,20,22). The summed E-state index contributed by atoms with van der Waals surface area (Å²) in [6.07, 6.45) is 0. The first kappa shape index (κ1) is 19.2. The Bertz CT molecular complexity index is 471. The Balaban J connectivity index is 2.38. The van der Waals surface area contributed by atoms with Gasteiger partial charge >= 0.3 is 12.6 Å². The average molecular weight is 329 g/mol. The third kappa shape index (κ3) is 7.27. The number of hydrogen-bond acceptors (Lipinski definition) is 3. The van der Waals surface area contributed by atoms with E-state index in [1.165, 1.54) is 12.1 Å². The molecular weight excluding hydrogens is 304 g/mol. The quantitative estimate of drug-likeness (QED) is 0.771. The molecule has 0 radical (unpaired) electrons. The normalized spacial score (nSPS) is 12.6. The number of carbonyl (C=O) groups excluding carboxylic acids is 1. The van der Waals surface area contributed by atoms with Crippen molar-refractivity contribution in [1.29, 1.82) is 0 Å². The maximum Gasteiger partial charge on any atom is 0.387 e. The van der Waals surface area contributed by atoms with Crippen LogP contribution in [-0.4, -0.2) is 44.2 Å². The van der Waals surface area contributed by atoms with Gasteiger partial charge in [0.2, 0.25) is 0 Å². The van der Waals surface area contributed by atoms with Crippen LogP contribution in [0.1, 0.15) is 19.4 Å². The number of nitrogens with zero attached hydrogens (tertiary/aromatic N) is 1. The first-order valence-corrected chi connectivity index (χ1v) is 7.51. The molecule has 0 spiro atoms. The van der Waals surface area contributed by atoms with E-state index in [1.807, 2.05) is 14.1 Å². The summed E-state index contributed by atoms with van der Waals surface area (Å²) in [4.78, 5) is 13.9. The number of amides is 2. The number of benzene rings is 1. The summed E-state index contributed by atoms with van der Waals surface area (Å²) in [5.74, 6) is 0.520. The van der Waals surface area contributed by atoms with Crippen LogP contribution in [0, 0.1) is 5.92 Å². The lowest BCUT2D eigenvalue weighted by molar-refractivity contribution is -0.0498. The molecule has 0 saturated carbocycles. The molecule has 1 aromatic rings. The van der Waals surface area contributed by atoms with Gasteiger partial charge in [-0.3, -0.25) is 0 Å². The van der Waals surface area contributed by atoms with Crippen molar-refractivity contribution >= 4 is 6.03 Å². The fourth-order valence-corrected chi connectivity index (χ4v) is 2.25. The van der Waals surface area contributed by atoms with Crippen LogP contribution in [0.3, 0.4) is 0 Å². The first-order chi connectivity index (χ1) is 10.8. The highest BCUT2D eigenvalue weighted by atomic mass is 19.3. The van der Waals surface area contributed by atoms with Gasteiger partial charge in [-0.15, -0.1) is 0 Å². The Hall–Kier alpha value is -1.89. The largest absolute Gasteiger partial charge is 0.435 e. The second kappa shape index (κ2) is 9.29. The number of hydrogen-bond donors (Lipinski definition) is 2. The zero-order valence-electron chi connectivity index (χ0n) is 14.0. The molecule has 5 nitrogen and oxygen atoms in total. The Labute approximate surface area is 136 Å². The van der Waals surface area contributed by atoms with Crippen molar-refractivity contribution in [2.75, 3.05) is 20.6 Å². The monoisotopic (exact) mass is 329 g/mol. The molecule has 2 amide bonds. The molecule has 130 valence electrons. The fourth-order valence-electron chi connectivity index (χ4n) is 2.25. The number of halogens is 2. The van der Waals surface area contributed by atoms with E-state index in [2.05, 4.69) is 34.1 Å². The minimum atomic E-state index is -2.84. The van der Waals surface area contributed by atoms with Crippen LogP contribution in [0.4, 0.5) is 13.6 Å². The van der Waals surface area contributed by atoms with Gasteiger partial charge in [-0.05, 0) is 37.7 Å². The molecule has 7 heteroatoms. The third-order valence-corrected chi connectivity index (χ3v) is 3.51. The number of ether oxygens (including phenoxy) is 1. The van der Waals surface area contributed by atoms with Crippen molar-refractivity contribution < 1.29 is 18.3 Å². The Morgan fingerprint density at radius 1 is 1.17 bits per heavy atom. The van der Waals surface area contributed by atoms with E-state index in [4.69, 9.17) is 0 Å². The van der Waals surface area contributed by atoms with E-state index in [9.17, 15) is 13.6 Å². The Morgan fingerprint density at radius 2 is 1.78 bits per heavy atom. The molecular formula is C16H25F2N3O2. The van der Waals surface area contributed by atoms with E-state index in [0.717, 1.165) is 5.56 Å². The smallest absolute Gasteiger partial charge is 0.387 e. The first-order valence-electron chi connectivity index (χ1n) is 7.51. The van der Waals surface area contributed by atoms with Crippen molar-refractivity contribution in [2.45, 2.75) is 33.0 Å². The molecule has 1 unspecified atom stereocenters. The average Bonchev–Trinajstić information content (AvgIpc) is 2.45. The topological polar surface area (TPSA) is 53.6 Å². The van der Waals surface area contributed by atoms with Crippen LogP contribution < -0.4 is 15.4 Å². The van der Waals surface area contributed by atoms with Gasteiger partial charge in [-0.25, -0.2) is 4.79 Å². The SMILES string of the molecule is CC(C)C(CNC(=O)NCc1ccc(OC(F)F)cc1)N(C)C. The van der Waals surface area contributed by atoms with Gasteiger partial charge in [0.05, 0.1) is 0 Å². The van der Waals surface area contributed by atoms with E-state index in [-0.39, 0.29) is 17.8 Å². The van der Waals surface area contributed by atoms with Crippen LogP contribution >= 0.6 is 0 Å². The summed E-state index contributed by atoms with van der Waals surface area (Å²) in [7, 11) is 3.96. The third-order valence-electron chi connectivity index (χ3n) is 3.51. The summed E-state index contributed by atoms with van der Waals surface area (Å²) in [6.45, 7) is 2.24. The lowest BCUT2D eigenvalue weighted by Crippen LogP contribution is -2.46. The van der Waals surface area contributed by atoms with Crippen LogP contribution in [-0.2, 0) is 6.54 Å². The van der Waals surface area contributed by atoms with Gasteiger partial charge in [0.25, 0.3) is 0 Å². The molecule has 0 aliphatic rings. The Morgan fingerprint density at radius 3 is 2.26 bits per heavy atom. The van der Waals surface area contributed by atoms with Gasteiger partial charge in [0.1, 0.15) is 5.75 Å². The highest BCUT2D eigenvalue weighted by molar-refractivity contribution is 5.73. The van der Waals surface area contributed by atoms with Crippen molar-refractivity contribution in [3.05, 3.63) is 29.8 Å². The zero-order chi connectivity index (χ0) is 17.4. The molecule has 0 bridgehead atoms. The van der Waals surface area contributed by atoms with Crippen LogP contribution in [0.25, 0.3) is 0 Å². The molecule has 0 aliphatic heterocycles. The molecule has 0 saturated heterocycles. The predicted octanol–water partition coefficient (Wildman–Crippen LogP) is 2.67. The molecule has 1 aromatic carbocycles. The zero-order valence-corrected chi connectivity index (χ0v) is 14.0. The van der Waals surface area contributed by atoms with E-state index in [0.29, 0.717) is 19.0 Å². The molecule has 1 atom stereocenters. The van der Waals surface area contributed by atoms with Gasteiger partial charge in [-0.1, -0.05) is 26.0 Å². The van der Waals surface area contributed by atoms with Gasteiger partial charge in [-0.2, -0.15) is 8.78 Å². The van der Waals surface area contributed by atoms with Crippen LogP contribution in [0.5, 0.6) is 5.75 Å². The van der Waals surface area contributed by atoms with E-state index < -0.39 is 6.61 Å². The second-order valence-electron chi connectivity index (χ2n) is 5.86. The molecule has 0 heterocycles. The van der Waals surface area contributed by atoms with Crippen molar-refractivity contribution in [3.8, 4) is 5.75 Å². The minimum absolute atomic E-state index is 0.0963. The molecule has 0 fully saturated rings. The summed E-state index contributed by atoms with van der Waals surface area (Å²) in [5, 5.41) is 5.57. The lowest BCUT2D eigenvalue weighted by atomic mass is 10.0. The van der Waals surface area contributed by atoms with E-state index in [1.54, 1.807) is 12.1 Å². The number of likely N-dealkylation sites (N-methyl/N-ethyl adjacent to an activating group) is 1. The number of rotatable bonds is 8. The van der Waals surface area contributed by atoms with Crippen molar-refractivity contribution in [2.24, 2.45) is 5.92 Å². The minimum Gasteiger partial charge on any atom is -0.435 e. The lowest BCUT2D eigenvalue weighted by Gasteiger charge is -2.28. The molecule has 1 rings (SSSR count). The summed E-state index contributed by atoms with van der Waals surface area (Å²) >= 11 is 0. The summed E-state index contributed by atoms with van der Waals surface area (Å²) in [6, 6.07) is 6.16.